The molecule has 0 spiro atoms. The fourth-order valence-electron chi connectivity index (χ4n) is 1.92. The molecule has 2 aromatic rings. The number of hydrogen-bond donors (Lipinski definition) is 1. The first-order valence-corrected chi connectivity index (χ1v) is 7.33. The Balaban J connectivity index is 2.10. The van der Waals surface area contributed by atoms with E-state index in [1.54, 1.807) is 18.4 Å². The summed E-state index contributed by atoms with van der Waals surface area (Å²) in [5.41, 5.74) is 2.38. The van der Waals surface area contributed by atoms with Gasteiger partial charge in [-0.2, -0.15) is 0 Å². The molecule has 2 rings (SSSR count). The molecule has 0 aliphatic heterocycles. The fraction of sp³-hybridized carbons (Fsp3) is 0.400. The van der Waals surface area contributed by atoms with Gasteiger partial charge in [-0.25, -0.2) is 4.98 Å². The molecule has 0 atom stereocenters. The van der Waals surface area contributed by atoms with E-state index in [1.165, 1.54) is 15.4 Å². The van der Waals surface area contributed by atoms with Gasteiger partial charge in [0.05, 0.1) is 17.8 Å². The minimum absolute atomic E-state index is 0.870. The van der Waals surface area contributed by atoms with Crippen LogP contribution in [-0.2, 0) is 13.0 Å². The van der Waals surface area contributed by atoms with Crippen molar-refractivity contribution in [2.45, 2.75) is 26.8 Å². The molecule has 19 heavy (non-hydrogen) atoms. The zero-order chi connectivity index (χ0) is 13.7. The first-order chi connectivity index (χ1) is 9.22. The Hall–Kier alpha value is -1.39. The van der Waals surface area contributed by atoms with Gasteiger partial charge >= 0.3 is 0 Å². The highest BCUT2D eigenvalue weighted by Crippen LogP contribution is 2.22. The van der Waals surface area contributed by atoms with Crippen LogP contribution < -0.4 is 10.1 Å². The first-order valence-electron chi connectivity index (χ1n) is 6.51. The van der Waals surface area contributed by atoms with Crippen molar-refractivity contribution in [3.63, 3.8) is 0 Å². The molecule has 0 bridgehead atoms. The third-order valence-corrected chi connectivity index (χ3v) is 4.12. The van der Waals surface area contributed by atoms with Crippen LogP contribution in [0.25, 0.3) is 0 Å². The molecule has 0 unspecified atom stereocenters. The van der Waals surface area contributed by atoms with Crippen LogP contribution in [-0.4, -0.2) is 18.6 Å². The molecule has 102 valence electrons. The van der Waals surface area contributed by atoms with Crippen LogP contribution in [0, 0.1) is 6.92 Å². The number of aromatic nitrogens is 1. The van der Waals surface area contributed by atoms with Crippen LogP contribution in [0.3, 0.4) is 0 Å². The molecule has 0 saturated carbocycles. The van der Waals surface area contributed by atoms with Crippen molar-refractivity contribution in [1.29, 1.82) is 0 Å². The predicted molar refractivity (Wildman–Crippen MR) is 80.0 cm³/mol. The smallest absolute Gasteiger partial charge is 0.119 e. The Morgan fingerprint density at radius 1 is 1.37 bits per heavy atom. The Labute approximate surface area is 118 Å². The molecular weight excluding hydrogens is 256 g/mol. The van der Waals surface area contributed by atoms with Gasteiger partial charge in [-0.15, -0.1) is 11.3 Å². The Morgan fingerprint density at radius 3 is 2.95 bits per heavy atom. The summed E-state index contributed by atoms with van der Waals surface area (Å²) in [6.07, 6.45) is 0.870. The van der Waals surface area contributed by atoms with Crippen LogP contribution in [0.15, 0.2) is 24.3 Å². The van der Waals surface area contributed by atoms with Crippen molar-refractivity contribution in [3.05, 3.63) is 45.4 Å². The number of aryl methyl sites for hydroxylation is 1. The molecule has 4 heteroatoms. The lowest BCUT2D eigenvalue weighted by Crippen LogP contribution is -2.11. The average Bonchev–Trinajstić information content (AvgIpc) is 2.76. The molecule has 0 saturated heterocycles. The van der Waals surface area contributed by atoms with Crippen molar-refractivity contribution in [3.8, 4) is 5.75 Å². The van der Waals surface area contributed by atoms with Crippen molar-refractivity contribution in [2.75, 3.05) is 13.7 Å². The lowest BCUT2D eigenvalue weighted by molar-refractivity contribution is 0.414. The Bertz CT molecular complexity index is 537. The quantitative estimate of drug-likeness (QED) is 0.880. The van der Waals surface area contributed by atoms with E-state index in [9.17, 15) is 0 Å². The number of hydrogen-bond acceptors (Lipinski definition) is 4. The maximum atomic E-state index is 5.25. The minimum atomic E-state index is 0.870. The van der Waals surface area contributed by atoms with Gasteiger partial charge in [-0.05, 0) is 31.2 Å². The number of nitrogens with zero attached hydrogens (tertiary/aromatic N) is 1. The molecule has 0 fully saturated rings. The second-order valence-electron chi connectivity index (χ2n) is 4.42. The molecular formula is C15H20N2OS. The zero-order valence-electron chi connectivity index (χ0n) is 11.7. The van der Waals surface area contributed by atoms with E-state index in [1.807, 2.05) is 12.1 Å². The summed E-state index contributed by atoms with van der Waals surface area (Å²) < 4.78 is 5.25. The molecule has 1 heterocycles. The van der Waals surface area contributed by atoms with E-state index in [-0.39, 0.29) is 0 Å². The zero-order valence-corrected chi connectivity index (χ0v) is 12.5. The largest absolute Gasteiger partial charge is 0.497 e. The van der Waals surface area contributed by atoms with Gasteiger partial charge in [0, 0.05) is 17.8 Å². The standard InChI is InChI=1S/C15H20N2OS/c1-4-16-10-14-11(2)17-15(19-14)9-12-6-5-7-13(8-12)18-3/h5-8,16H,4,9-10H2,1-3H3. The van der Waals surface area contributed by atoms with E-state index in [0.717, 1.165) is 31.0 Å². The van der Waals surface area contributed by atoms with E-state index in [4.69, 9.17) is 4.74 Å². The first kappa shape index (κ1) is 14.0. The van der Waals surface area contributed by atoms with Crippen molar-refractivity contribution in [1.82, 2.24) is 10.3 Å². The molecule has 3 nitrogen and oxygen atoms in total. The van der Waals surface area contributed by atoms with Gasteiger partial charge in [0.2, 0.25) is 0 Å². The highest BCUT2D eigenvalue weighted by Gasteiger charge is 2.08. The molecule has 0 radical (unpaired) electrons. The molecule has 0 amide bonds. The number of nitrogens with one attached hydrogen (secondary N) is 1. The topological polar surface area (TPSA) is 34.1 Å². The summed E-state index contributed by atoms with van der Waals surface area (Å²) in [5, 5.41) is 4.52. The number of benzene rings is 1. The van der Waals surface area contributed by atoms with E-state index in [0.29, 0.717) is 0 Å². The second-order valence-corrected chi connectivity index (χ2v) is 5.59. The van der Waals surface area contributed by atoms with Gasteiger partial charge in [-0.3, -0.25) is 0 Å². The molecule has 1 aromatic heterocycles. The summed E-state index contributed by atoms with van der Waals surface area (Å²) in [7, 11) is 1.70. The summed E-state index contributed by atoms with van der Waals surface area (Å²) >= 11 is 1.79. The van der Waals surface area contributed by atoms with Gasteiger partial charge < -0.3 is 10.1 Å². The van der Waals surface area contributed by atoms with E-state index < -0.39 is 0 Å². The maximum Gasteiger partial charge on any atom is 0.119 e. The summed E-state index contributed by atoms with van der Waals surface area (Å²) in [6, 6.07) is 8.17. The van der Waals surface area contributed by atoms with E-state index >= 15 is 0 Å². The Morgan fingerprint density at radius 2 is 2.21 bits per heavy atom. The molecule has 1 N–H and O–H groups in total. The normalized spacial score (nSPS) is 10.7. The highest BCUT2D eigenvalue weighted by atomic mass is 32.1. The predicted octanol–water partition coefficient (Wildman–Crippen LogP) is 3.16. The van der Waals surface area contributed by atoms with E-state index in [2.05, 4.69) is 36.3 Å². The summed E-state index contributed by atoms with van der Waals surface area (Å²) in [4.78, 5) is 5.99. The number of rotatable bonds is 6. The molecule has 1 aromatic carbocycles. The van der Waals surface area contributed by atoms with Crippen LogP contribution in [0.4, 0.5) is 0 Å². The highest BCUT2D eigenvalue weighted by molar-refractivity contribution is 7.11. The lowest BCUT2D eigenvalue weighted by Gasteiger charge is -2.02. The number of methoxy groups -OCH3 is 1. The van der Waals surface area contributed by atoms with Gasteiger partial charge in [0.1, 0.15) is 5.75 Å². The van der Waals surface area contributed by atoms with Gasteiger partial charge in [0.25, 0.3) is 0 Å². The maximum absolute atomic E-state index is 5.25. The van der Waals surface area contributed by atoms with Crippen molar-refractivity contribution in [2.24, 2.45) is 0 Å². The average molecular weight is 276 g/mol. The second kappa shape index (κ2) is 6.68. The fourth-order valence-corrected chi connectivity index (χ4v) is 3.00. The van der Waals surface area contributed by atoms with Gasteiger partial charge in [-0.1, -0.05) is 19.1 Å². The van der Waals surface area contributed by atoms with Crippen LogP contribution in [0.2, 0.25) is 0 Å². The number of thiazole rings is 1. The van der Waals surface area contributed by atoms with Crippen LogP contribution in [0.1, 0.15) is 28.1 Å². The van der Waals surface area contributed by atoms with Crippen molar-refractivity contribution < 1.29 is 4.74 Å². The monoisotopic (exact) mass is 276 g/mol. The third kappa shape index (κ3) is 3.78. The minimum Gasteiger partial charge on any atom is -0.497 e. The summed E-state index contributed by atoms with van der Waals surface area (Å²) in [6.45, 7) is 6.10. The summed E-state index contributed by atoms with van der Waals surface area (Å²) in [5.74, 6) is 0.902. The lowest BCUT2D eigenvalue weighted by atomic mass is 10.1. The van der Waals surface area contributed by atoms with Crippen molar-refractivity contribution >= 4 is 11.3 Å². The number of ether oxygens (including phenoxy) is 1. The van der Waals surface area contributed by atoms with Crippen LogP contribution in [0.5, 0.6) is 5.75 Å². The Kier molecular flexibility index (Phi) is 4.93. The molecule has 0 aliphatic carbocycles. The van der Waals surface area contributed by atoms with Crippen LogP contribution >= 0.6 is 11.3 Å². The third-order valence-electron chi connectivity index (χ3n) is 2.96. The molecule has 0 aliphatic rings. The SMILES string of the molecule is CCNCc1sc(Cc2cccc(OC)c2)nc1C. The van der Waals surface area contributed by atoms with Gasteiger partial charge in [0.15, 0.2) is 0 Å².